The van der Waals surface area contributed by atoms with Crippen LogP contribution in [0.15, 0.2) is 54.0 Å². The molecule has 21 heavy (non-hydrogen) atoms. The minimum Gasteiger partial charge on any atom is -0.326 e. The van der Waals surface area contributed by atoms with E-state index in [4.69, 9.17) is 0 Å². The van der Waals surface area contributed by atoms with E-state index >= 15 is 0 Å². The summed E-state index contributed by atoms with van der Waals surface area (Å²) in [6.45, 7) is 4.04. The maximum absolute atomic E-state index is 12.3. The van der Waals surface area contributed by atoms with Gasteiger partial charge < -0.3 is 5.32 Å². The molecule has 1 unspecified atom stereocenters. The molecule has 0 radical (unpaired) electrons. The van der Waals surface area contributed by atoms with Gasteiger partial charge in [0.05, 0.1) is 6.04 Å². The monoisotopic (exact) mass is 298 g/mol. The number of rotatable bonds is 3. The topological polar surface area (TPSA) is 32.3 Å². The van der Waals surface area contributed by atoms with E-state index in [-0.39, 0.29) is 18.1 Å². The quantitative estimate of drug-likeness (QED) is 0.902. The Labute approximate surface area is 128 Å². The highest BCUT2D eigenvalue weighted by Crippen LogP contribution is 2.35. The SMILES string of the molecule is CC(C)N1C=C(c2ccccc2)C(c2cccs2)NC1=O. The van der Waals surface area contributed by atoms with E-state index in [0.717, 1.165) is 16.0 Å². The highest BCUT2D eigenvalue weighted by atomic mass is 32.1. The number of thiophene rings is 1. The van der Waals surface area contributed by atoms with Crippen molar-refractivity contribution in [2.45, 2.75) is 25.9 Å². The predicted molar refractivity (Wildman–Crippen MR) is 87.0 cm³/mol. The van der Waals surface area contributed by atoms with Gasteiger partial charge in [0, 0.05) is 22.7 Å². The maximum atomic E-state index is 12.3. The summed E-state index contributed by atoms with van der Waals surface area (Å²) in [5.41, 5.74) is 2.27. The van der Waals surface area contributed by atoms with Crippen LogP contribution in [0, 0.1) is 0 Å². The molecule has 1 atom stereocenters. The highest BCUT2D eigenvalue weighted by Gasteiger charge is 2.30. The lowest BCUT2D eigenvalue weighted by Crippen LogP contribution is -2.46. The summed E-state index contributed by atoms with van der Waals surface area (Å²) < 4.78 is 0. The summed E-state index contributed by atoms with van der Waals surface area (Å²) in [7, 11) is 0. The van der Waals surface area contributed by atoms with Crippen LogP contribution in [-0.4, -0.2) is 17.0 Å². The number of urea groups is 1. The zero-order valence-corrected chi connectivity index (χ0v) is 12.9. The van der Waals surface area contributed by atoms with Crippen molar-refractivity contribution in [3.8, 4) is 0 Å². The van der Waals surface area contributed by atoms with Crippen LogP contribution in [0.5, 0.6) is 0 Å². The molecular weight excluding hydrogens is 280 g/mol. The van der Waals surface area contributed by atoms with Crippen LogP contribution in [0.2, 0.25) is 0 Å². The van der Waals surface area contributed by atoms with Gasteiger partial charge in [-0.1, -0.05) is 36.4 Å². The van der Waals surface area contributed by atoms with Crippen molar-refractivity contribution >= 4 is 22.9 Å². The van der Waals surface area contributed by atoms with Crippen molar-refractivity contribution in [1.82, 2.24) is 10.2 Å². The van der Waals surface area contributed by atoms with Gasteiger partial charge in [-0.05, 0) is 30.9 Å². The molecule has 1 N–H and O–H groups in total. The lowest BCUT2D eigenvalue weighted by molar-refractivity contribution is 0.201. The molecule has 0 saturated carbocycles. The first-order valence-electron chi connectivity index (χ1n) is 7.06. The van der Waals surface area contributed by atoms with E-state index in [9.17, 15) is 4.79 Å². The van der Waals surface area contributed by atoms with Crippen LogP contribution in [-0.2, 0) is 0 Å². The Morgan fingerprint density at radius 2 is 1.90 bits per heavy atom. The third-order valence-corrected chi connectivity index (χ3v) is 4.52. The van der Waals surface area contributed by atoms with Crippen molar-refractivity contribution < 1.29 is 4.79 Å². The van der Waals surface area contributed by atoms with E-state index in [1.54, 1.807) is 16.2 Å². The van der Waals surface area contributed by atoms with Crippen molar-refractivity contribution in [3.63, 3.8) is 0 Å². The van der Waals surface area contributed by atoms with Crippen LogP contribution in [0.3, 0.4) is 0 Å². The summed E-state index contributed by atoms with van der Waals surface area (Å²) in [6, 6.07) is 14.3. The number of benzene rings is 1. The number of amides is 2. The average Bonchev–Trinajstić information content (AvgIpc) is 3.01. The lowest BCUT2D eigenvalue weighted by atomic mass is 9.96. The number of carbonyl (C=O) groups is 1. The molecular formula is C17H18N2OS. The first-order valence-corrected chi connectivity index (χ1v) is 7.94. The molecule has 1 aromatic heterocycles. The molecule has 0 spiro atoms. The molecule has 108 valence electrons. The zero-order chi connectivity index (χ0) is 14.8. The van der Waals surface area contributed by atoms with Gasteiger partial charge in [0.15, 0.2) is 0 Å². The van der Waals surface area contributed by atoms with Gasteiger partial charge in [-0.3, -0.25) is 4.90 Å². The van der Waals surface area contributed by atoms with Crippen LogP contribution in [0.25, 0.3) is 5.57 Å². The molecule has 2 amide bonds. The van der Waals surface area contributed by atoms with Crippen molar-refractivity contribution in [1.29, 1.82) is 0 Å². The molecule has 1 aliphatic rings. The van der Waals surface area contributed by atoms with E-state index < -0.39 is 0 Å². The summed E-state index contributed by atoms with van der Waals surface area (Å²) in [5.74, 6) is 0. The maximum Gasteiger partial charge on any atom is 0.322 e. The van der Waals surface area contributed by atoms with E-state index in [2.05, 4.69) is 23.5 Å². The molecule has 2 aromatic rings. The first kappa shape index (κ1) is 13.9. The average molecular weight is 298 g/mol. The van der Waals surface area contributed by atoms with E-state index in [1.165, 1.54) is 0 Å². The van der Waals surface area contributed by atoms with Gasteiger partial charge in [-0.25, -0.2) is 4.79 Å². The molecule has 0 saturated heterocycles. The Hall–Kier alpha value is -2.07. The smallest absolute Gasteiger partial charge is 0.322 e. The highest BCUT2D eigenvalue weighted by molar-refractivity contribution is 7.10. The molecule has 3 nitrogen and oxygen atoms in total. The van der Waals surface area contributed by atoms with Crippen LogP contribution >= 0.6 is 11.3 Å². The van der Waals surface area contributed by atoms with Gasteiger partial charge in [0.25, 0.3) is 0 Å². The van der Waals surface area contributed by atoms with Gasteiger partial charge in [-0.15, -0.1) is 11.3 Å². The Kier molecular flexibility index (Phi) is 3.80. The fourth-order valence-corrected chi connectivity index (χ4v) is 3.29. The zero-order valence-electron chi connectivity index (χ0n) is 12.1. The molecule has 0 bridgehead atoms. The fourth-order valence-electron chi connectivity index (χ4n) is 2.49. The minimum absolute atomic E-state index is 0.0388. The van der Waals surface area contributed by atoms with Crippen molar-refractivity contribution in [2.75, 3.05) is 0 Å². The summed E-state index contributed by atoms with van der Waals surface area (Å²) in [5, 5.41) is 5.17. The number of carbonyl (C=O) groups excluding carboxylic acids is 1. The largest absolute Gasteiger partial charge is 0.326 e. The second-order valence-corrected chi connectivity index (χ2v) is 6.33. The van der Waals surface area contributed by atoms with Gasteiger partial charge in [0.1, 0.15) is 0 Å². The molecule has 0 fully saturated rings. The van der Waals surface area contributed by atoms with Crippen molar-refractivity contribution in [2.24, 2.45) is 0 Å². The summed E-state index contributed by atoms with van der Waals surface area (Å²) in [4.78, 5) is 15.2. The number of nitrogens with zero attached hydrogens (tertiary/aromatic N) is 1. The molecule has 2 heterocycles. The van der Waals surface area contributed by atoms with Crippen LogP contribution < -0.4 is 5.32 Å². The fraction of sp³-hybridized carbons (Fsp3) is 0.235. The number of hydrogen-bond acceptors (Lipinski definition) is 2. The molecule has 4 heteroatoms. The number of hydrogen-bond donors (Lipinski definition) is 1. The predicted octanol–water partition coefficient (Wildman–Crippen LogP) is 4.26. The van der Waals surface area contributed by atoms with Gasteiger partial charge >= 0.3 is 6.03 Å². The molecule has 3 rings (SSSR count). The molecule has 0 aliphatic carbocycles. The second kappa shape index (κ2) is 5.74. The van der Waals surface area contributed by atoms with E-state index in [0.29, 0.717) is 0 Å². The first-order chi connectivity index (χ1) is 10.2. The molecule has 1 aliphatic heterocycles. The van der Waals surface area contributed by atoms with Crippen molar-refractivity contribution in [3.05, 3.63) is 64.5 Å². The van der Waals surface area contributed by atoms with E-state index in [1.807, 2.05) is 49.7 Å². The van der Waals surface area contributed by atoms with Gasteiger partial charge in [-0.2, -0.15) is 0 Å². The van der Waals surface area contributed by atoms with Gasteiger partial charge in [0.2, 0.25) is 0 Å². The Morgan fingerprint density at radius 3 is 2.52 bits per heavy atom. The summed E-state index contributed by atoms with van der Waals surface area (Å²) >= 11 is 1.67. The minimum atomic E-state index is -0.0742. The Morgan fingerprint density at radius 1 is 1.14 bits per heavy atom. The second-order valence-electron chi connectivity index (χ2n) is 5.35. The lowest BCUT2D eigenvalue weighted by Gasteiger charge is -2.34. The van der Waals surface area contributed by atoms with Crippen LogP contribution in [0.4, 0.5) is 4.79 Å². The Balaban J connectivity index is 2.07. The third kappa shape index (κ3) is 2.72. The molecule has 1 aromatic carbocycles. The number of nitrogens with one attached hydrogen (secondary N) is 1. The normalized spacial score (nSPS) is 18.6. The standard InChI is InChI=1S/C17H18N2OS/c1-12(2)19-11-14(13-7-4-3-5-8-13)16(18-17(19)20)15-9-6-10-21-15/h3-12,16H,1-2H3,(H,18,20). The summed E-state index contributed by atoms with van der Waals surface area (Å²) in [6.07, 6.45) is 1.99. The Bertz CT molecular complexity index is 647. The third-order valence-electron chi connectivity index (χ3n) is 3.58. The van der Waals surface area contributed by atoms with Crippen LogP contribution in [0.1, 0.15) is 30.3 Å².